The molecule has 7 nitrogen and oxygen atoms in total. The summed E-state index contributed by atoms with van der Waals surface area (Å²) in [6.07, 6.45) is 0.207. The van der Waals surface area contributed by atoms with Crippen LogP contribution in [0.5, 0.6) is 0 Å². The summed E-state index contributed by atoms with van der Waals surface area (Å²) in [6, 6.07) is 9.75. The molecule has 0 spiro atoms. The average Bonchev–Trinajstić information content (AvgIpc) is 2.59. The summed E-state index contributed by atoms with van der Waals surface area (Å²) >= 11 is 0. The highest BCUT2D eigenvalue weighted by Crippen LogP contribution is 2.24. The van der Waals surface area contributed by atoms with Gasteiger partial charge in [0, 0.05) is 13.1 Å². The predicted molar refractivity (Wildman–Crippen MR) is 90.8 cm³/mol. The van der Waals surface area contributed by atoms with Crippen molar-refractivity contribution in [3.8, 4) is 0 Å². The molecule has 1 saturated heterocycles. The fraction of sp³-hybridized carbons (Fsp3) is 0.389. The first kappa shape index (κ1) is 18.5. The normalized spacial score (nSPS) is 17.2. The number of hydrogen-bond donors (Lipinski definition) is 1. The summed E-state index contributed by atoms with van der Waals surface area (Å²) in [4.78, 5) is 36.3. The minimum Gasteiger partial charge on any atom is -0.446 e. The number of carbonyl (C=O) groups excluding carboxylic acids is 3. The largest absolute Gasteiger partial charge is 0.446 e. The van der Waals surface area contributed by atoms with Crippen LogP contribution in [-0.4, -0.2) is 48.8 Å². The van der Waals surface area contributed by atoms with Crippen LogP contribution in [0.4, 0.5) is 9.59 Å². The molecule has 0 radical (unpaired) electrons. The fourth-order valence-electron chi connectivity index (χ4n) is 2.42. The van der Waals surface area contributed by atoms with E-state index in [0.717, 1.165) is 10.5 Å². The van der Waals surface area contributed by atoms with E-state index in [1.807, 2.05) is 30.3 Å². The number of likely N-dealkylation sites (tertiary alicyclic amines) is 1. The third kappa shape index (κ3) is 5.07. The van der Waals surface area contributed by atoms with E-state index in [-0.39, 0.29) is 13.2 Å². The molecule has 134 valence electrons. The molecule has 0 bridgehead atoms. The molecule has 2 atom stereocenters. The van der Waals surface area contributed by atoms with Crippen LogP contribution in [0.25, 0.3) is 0 Å². The van der Waals surface area contributed by atoms with Crippen LogP contribution in [0.2, 0.25) is 0 Å². The summed E-state index contributed by atoms with van der Waals surface area (Å²) < 4.78 is 10.0. The second-order valence-electron chi connectivity index (χ2n) is 5.69. The van der Waals surface area contributed by atoms with Crippen LogP contribution >= 0.6 is 0 Å². The van der Waals surface area contributed by atoms with Crippen molar-refractivity contribution in [3.05, 3.63) is 48.6 Å². The number of nitrogens with one attached hydrogen (secondary N) is 1. The molecule has 25 heavy (non-hydrogen) atoms. The number of imide groups is 1. The van der Waals surface area contributed by atoms with Crippen molar-refractivity contribution < 1.29 is 23.9 Å². The Morgan fingerprint density at radius 2 is 2.12 bits per heavy atom. The average molecular weight is 346 g/mol. The van der Waals surface area contributed by atoms with Crippen molar-refractivity contribution in [1.29, 1.82) is 0 Å². The van der Waals surface area contributed by atoms with Gasteiger partial charge in [-0.05, 0) is 18.9 Å². The van der Waals surface area contributed by atoms with Gasteiger partial charge in [0.2, 0.25) is 5.91 Å². The van der Waals surface area contributed by atoms with E-state index in [1.54, 1.807) is 6.92 Å². The first-order chi connectivity index (χ1) is 12.0. The Morgan fingerprint density at radius 1 is 1.40 bits per heavy atom. The Kier molecular flexibility index (Phi) is 6.56. The topological polar surface area (TPSA) is 84.9 Å². The van der Waals surface area contributed by atoms with E-state index in [2.05, 4.69) is 11.9 Å². The lowest BCUT2D eigenvalue weighted by molar-refractivity contribution is -0.150. The molecule has 1 aromatic carbocycles. The molecule has 1 heterocycles. The summed E-state index contributed by atoms with van der Waals surface area (Å²) in [5, 5.41) is 2.65. The number of β-lactam (4-membered cyclic amide) rings is 1. The van der Waals surface area contributed by atoms with E-state index in [9.17, 15) is 14.4 Å². The van der Waals surface area contributed by atoms with Crippen molar-refractivity contribution in [1.82, 2.24) is 10.2 Å². The van der Waals surface area contributed by atoms with Crippen molar-refractivity contribution >= 4 is 18.1 Å². The number of carbonyl (C=O) groups is 3. The molecule has 2 rings (SSSR count). The van der Waals surface area contributed by atoms with Gasteiger partial charge in [-0.3, -0.25) is 4.79 Å². The zero-order valence-corrected chi connectivity index (χ0v) is 14.1. The van der Waals surface area contributed by atoms with Gasteiger partial charge in [-0.15, -0.1) is 0 Å². The molecule has 1 aromatic rings. The lowest BCUT2D eigenvalue weighted by Gasteiger charge is -2.38. The number of nitrogens with zero attached hydrogens (tertiary/aromatic N) is 1. The SMILES string of the molecule is C=CCOC(=O)N1C[C@@H]([C@@H](C)OC(=O)NCCc2ccccc2)C1=O. The Bertz CT molecular complexity index is 632. The highest BCUT2D eigenvalue weighted by Gasteiger charge is 2.46. The number of ether oxygens (including phenoxy) is 2. The lowest BCUT2D eigenvalue weighted by Crippen LogP contribution is -2.59. The number of rotatable bonds is 7. The highest BCUT2D eigenvalue weighted by molar-refractivity contribution is 5.98. The van der Waals surface area contributed by atoms with E-state index >= 15 is 0 Å². The summed E-state index contributed by atoms with van der Waals surface area (Å²) in [5.74, 6) is -0.935. The Hall–Kier alpha value is -2.83. The van der Waals surface area contributed by atoms with E-state index in [1.165, 1.54) is 6.08 Å². The smallest absolute Gasteiger partial charge is 0.416 e. The molecule has 0 unspecified atom stereocenters. The minimum atomic E-state index is -0.708. The van der Waals surface area contributed by atoms with E-state index < -0.39 is 30.1 Å². The van der Waals surface area contributed by atoms with Gasteiger partial charge in [-0.1, -0.05) is 43.0 Å². The van der Waals surface area contributed by atoms with Crippen molar-refractivity contribution in [3.63, 3.8) is 0 Å². The number of benzene rings is 1. The monoisotopic (exact) mass is 346 g/mol. The van der Waals surface area contributed by atoms with E-state index in [0.29, 0.717) is 13.0 Å². The van der Waals surface area contributed by atoms with Crippen LogP contribution < -0.4 is 5.32 Å². The van der Waals surface area contributed by atoms with Gasteiger partial charge in [0.25, 0.3) is 0 Å². The lowest BCUT2D eigenvalue weighted by atomic mass is 9.94. The van der Waals surface area contributed by atoms with Gasteiger partial charge in [0.1, 0.15) is 12.7 Å². The first-order valence-electron chi connectivity index (χ1n) is 8.10. The molecule has 0 saturated carbocycles. The number of hydrogen-bond acceptors (Lipinski definition) is 5. The van der Waals surface area contributed by atoms with Crippen molar-refractivity contribution in [2.75, 3.05) is 19.7 Å². The standard InChI is InChI=1S/C18H22N2O5/c1-3-11-24-18(23)20-12-15(16(20)21)13(2)25-17(22)19-10-9-14-7-5-4-6-8-14/h3-8,13,15H,1,9-12H2,2H3,(H,19,22)/t13-,15+/m1/s1. The van der Waals surface area contributed by atoms with Crippen LogP contribution in [-0.2, 0) is 20.7 Å². The zero-order valence-electron chi connectivity index (χ0n) is 14.1. The van der Waals surface area contributed by atoms with Gasteiger partial charge in [0.05, 0.1) is 5.92 Å². The zero-order chi connectivity index (χ0) is 18.2. The second kappa shape index (κ2) is 8.86. The van der Waals surface area contributed by atoms with E-state index in [4.69, 9.17) is 9.47 Å². The van der Waals surface area contributed by atoms with Gasteiger partial charge in [-0.2, -0.15) is 0 Å². The van der Waals surface area contributed by atoms with Gasteiger partial charge >= 0.3 is 12.2 Å². The molecule has 1 fully saturated rings. The maximum atomic E-state index is 12.0. The number of amides is 3. The molecule has 1 N–H and O–H groups in total. The third-order valence-electron chi connectivity index (χ3n) is 3.89. The molecule has 3 amide bonds. The van der Waals surface area contributed by atoms with Gasteiger partial charge in [0.15, 0.2) is 0 Å². The molecule has 0 aromatic heterocycles. The van der Waals surface area contributed by atoms with Gasteiger partial charge < -0.3 is 14.8 Å². The van der Waals surface area contributed by atoms with Crippen LogP contribution in [0.15, 0.2) is 43.0 Å². The predicted octanol–water partition coefficient (Wildman–Crippen LogP) is 2.12. The highest BCUT2D eigenvalue weighted by atomic mass is 16.6. The summed E-state index contributed by atoms with van der Waals surface area (Å²) in [6.45, 7) is 5.72. The van der Waals surface area contributed by atoms with Crippen molar-refractivity contribution in [2.24, 2.45) is 5.92 Å². The fourth-order valence-corrected chi connectivity index (χ4v) is 2.42. The number of alkyl carbamates (subject to hydrolysis) is 1. The Morgan fingerprint density at radius 3 is 2.76 bits per heavy atom. The quantitative estimate of drug-likeness (QED) is 0.604. The second-order valence-corrected chi connectivity index (χ2v) is 5.69. The Balaban J connectivity index is 1.68. The van der Waals surface area contributed by atoms with Crippen LogP contribution in [0, 0.1) is 5.92 Å². The molecule has 1 aliphatic heterocycles. The van der Waals surface area contributed by atoms with Gasteiger partial charge in [-0.25, -0.2) is 14.5 Å². The summed E-state index contributed by atoms with van der Waals surface area (Å²) in [5.41, 5.74) is 1.11. The molecular formula is C18H22N2O5. The molecular weight excluding hydrogens is 324 g/mol. The molecule has 0 aliphatic carbocycles. The van der Waals surface area contributed by atoms with Crippen LogP contribution in [0.1, 0.15) is 12.5 Å². The molecule has 1 aliphatic rings. The Labute approximate surface area is 146 Å². The van der Waals surface area contributed by atoms with Crippen molar-refractivity contribution in [2.45, 2.75) is 19.4 Å². The third-order valence-corrected chi connectivity index (χ3v) is 3.89. The first-order valence-corrected chi connectivity index (χ1v) is 8.10. The minimum absolute atomic E-state index is 0.0448. The summed E-state index contributed by atoms with van der Waals surface area (Å²) in [7, 11) is 0. The maximum Gasteiger partial charge on any atom is 0.416 e. The maximum absolute atomic E-state index is 12.0. The van der Waals surface area contributed by atoms with Crippen LogP contribution in [0.3, 0.4) is 0 Å². The molecule has 7 heteroatoms.